The Labute approximate surface area is 96.1 Å². The Balaban J connectivity index is 2.09. The van der Waals surface area contributed by atoms with Gasteiger partial charge in [0, 0.05) is 0 Å². The van der Waals surface area contributed by atoms with Gasteiger partial charge in [0.25, 0.3) is 5.56 Å². The van der Waals surface area contributed by atoms with Crippen LogP contribution in [0.4, 0.5) is 0 Å². The highest BCUT2D eigenvalue weighted by atomic mass is 32.1. The largest absolute Gasteiger partial charge is 0.317 e. The normalized spacial score (nSPS) is 18.0. The number of nitrogens with zero attached hydrogens (tertiary/aromatic N) is 3. The van der Waals surface area contributed by atoms with E-state index >= 15 is 0 Å². The fraction of sp³-hybridized carbons (Fsp3) is 0.500. The van der Waals surface area contributed by atoms with Crippen molar-refractivity contribution >= 4 is 21.6 Å². The van der Waals surface area contributed by atoms with E-state index in [-0.39, 0.29) is 11.6 Å². The van der Waals surface area contributed by atoms with Crippen LogP contribution >= 0.6 is 11.3 Å². The lowest BCUT2D eigenvalue weighted by atomic mass is 10.1. The summed E-state index contributed by atoms with van der Waals surface area (Å²) in [5.74, 6) is 0. The summed E-state index contributed by atoms with van der Waals surface area (Å²) in [5, 5.41) is 13.3. The molecule has 0 saturated carbocycles. The molecular formula is C10H12N4OS. The minimum atomic E-state index is 0.00639. The molecule has 0 amide bonds. The quantitative estimate of drug-likeness (QED) is 0.794. The van der Waals surface area contributed by atoms with Crippen molar-refractivity contribution < 1.29 is 0 Å². The van der Waals surface area contributed by atoms with Crippen LogP contribution in [0.5, 0.6) is 0 Å². The Morgan fingerprint density at radius 3 is 3.06 bits per heavy atom. The van der Waals surface area contributed by atoms with E-state index < -0.39 is 0 Å². The lowest BCUT2D eigenvalue weighted by molar-refractivity contribution is 0.324. The number of hydrogen-bond acceptors (Lipinski definition) is 5. The van der Waals surface area contributed by atoms with Crippen LogP contribution < -0.4 is 10.9 Å². The summed E-state index contributed by atoms with van der Waals surface area (Å²) < 4.78 is 2.27. The molecule has 1 aliphatic rings. The van der Waals surface area contributed by atoms with Gasteiger partial charge in [0.1, 0.15) is 10.2 Å². The molecule has 0 aliphatic carbocycles. The highest BCUT2D eigenvalue weighted by Gasteiger charge is 2.18. The summed E-state index contributed by atoms with van der Waals surface area (Å²) in [6, 6.07) is 2.04. The zero-order valence-corrected chi connectivity index (χ0v) is 9.54. The third-order valence-corrected chi connectivity index (χ3v) is 3.84. The van der Waals surface area contributed by atoms with E-state index in [2.05, 4.69) is 15.6 Å². The molecule has 84 valence electrons. The van der Waals surface area contributed by atoms with Gasteiger partial charge in [-0.05, 0) is 37.4 Å². The number of fused-ring (bicyclic) bond motifs is 1. The fourth-order valence-corrected chi connectivity index (χ4v) is 2.83. The SMILES string of the molecule is O=c1c2sccc2nnn1C1CCNCC1. The van der Waals surface area contributed by atoms with Gasteiger partial charge in [-0.3, -0.25) is 4.79 Å². The second kappa shape index (κ2) is 3.95. The molecule has 0 unspecified atom stereocenters. The maximum Gasteiger partial charge on any atom is 0.287 e. The van der Waals surface area contributed by atoms with Crippen molar-refractivity contribution in [2.75, 3.05) is 13.1 Å². The molecule has 2 aromatic heterocycles. The summed E-state index contributed by atoms with van der Waals surface area (Å²) in [6.45, 7) is 1.89. The van der Waals surface area contributed by atoms with Gasteiger partial charge in [0.05, 0.1) is 6.04 Å². The van der Waals surface area contributed by atoms with Gasteiger partial charge in [-0.2, -0.15) is 0 Å². The Morgan fingerprint density at radius 1 is 1.44 bits per heavy atom. The molecule has 5 nitrogen and oxygen atoms in total. The molecule has 3 heterocycles. The zero-order valence-electron chi connectivity index (χ0n) is 8.72. The van der Waals surface area contributed by atoms with Crippen molar-refractivity contribution in [2.24, 2.45) is 0 Å². The first-order valence-electron chi connectivity index (χ1n) is 5.39. The van der Waals surface area contributed by atoms with Gasteiger partial charge in [-0.25, -0.2) is 4.68 Å². The third kappa shape index (κ3) is 1.54. The molecule has 1 N–H and O–H groups in total. The summed E-state index contributed by atoms with van der Waals surface area (Å²) in [6.07, 6.45) is 1.90. The highest BCUT2D eigenvalue weighted by Crippen LogP contribution is 2.17. The van der Waals surface area contributed by atoms with Crippen molar-refractivity contribution in [3.8, 4) is 0 Å². The molecule has 1 fully saturated rings. The molecule has 1 saturated heterocycles. The molecule has 16 heavy (non-hydrogen) atoms. The molecule has 0 spiro atoms. The van der Waals surface area contributed by atoms with Crippen LogP contribution in [0.2, 0.25) is 0 Å². The van der Waals surface area contributed by atoms with Crippen LogP contribution in [0.3, 0.4) is 0 Å². The zero-order chi connectivity index (χ0) is 11.0. The smallest absolute Gasteiger partial charge is 0.287 e. The molecule has 0 radical (unpaired) electrons. The van der Waals surface area contributed by atoms with Gasteiger partial charge < -0.3 is 5.32 Å². The van der Waals surface area contributed by atoms with Gasteiger partial charge in [-0.15, -0.1) is 16.4 Å². The van der Waals surface area contributed by atoms with E-state index in [9.17, 15) is 4.79 Å². The van der Waals surface area contributed by atoms with Crippen LogP contribution in [0.25, 0.3) is 10.2 Å². The Kier molecular flexibility index (Phi) is 2.45. The van der Waals surface area contributed by atoms with Gasteiger partial charge in [-0.1, -0.05) is 5.21 Å². The van der Waals surface area contributed by atoms with E-state index in [1.807, 2.05) is 11.4 Å². The highest BCUT2D eigenvalue weighted by molar-refractivity contribution is 7.17. The lowest BCUT2D eigenvalue weighted by Crippen LogP contribution is -2.35. The average Bonchev–Trinajstić information content (AvgIpc) is 2.80. The monoisotopic (exact) mass is 236 g/mol. The number of piperidine rings is 1. The summed E-state index contributed by atoms with van der Waals surface area (Å²) in [4.78, 5) is 12.1. The van der Waals surface area contributed by atoms with E-state index in [4.69, 9.17) is 0 Å². The number of aromatic nitrogens is 3. The Morgan fingerprint density at radius 2 is 2.25 bits per heavy atom. The number of nitrogens with one attached hydrogen (secondary N) is 1. The number of hydrogen-bond donors (Lipinski definition) is 1. The van der Waals surface area contributed by atoms with Crippen LogP contribution in [-0.2, 0) is 0 Å². The minimum absolute atomic E-state index is 0.00639. The van der Waals surface area contributed by atoms with E-state index in [0.29, 0.717) is 10.2 Å². The van der Waals surface area contributed by atoms with Crippen molar-refractivity contribution in [1.29, 1.82) is 0 Å². The van der Waals surface area contributed by atoms with Crippen molar-refractivity contribution in [2.45, 2.75) is 18.9 Å². The van der Waals surface area contributed by atoms with Crippen molar-refractivity contribution in [3.63, 3.8) is 0 Å². The molecule has 3 rings (SSSR count). The second-order valence-corrected chi connectivity index (χ2v) is 4.87. The van der Waals surface area contributed by atoms with E-state index in [1.165, 1.54) is 11.3 Å². The average molecular weight is 236 g/mol. The minimum Gasteiger partial charge on any atom is -0.317 e. The molecule has 6 heteroatoms. The number of thiophene rings is 1. The third-order valence-electron chi connectivity index (χ3n) is 2.95. The molecule has 0 bridgehead atoms. The van der Waals surface area contributed by atoms with E-state index in [0.717, 1.165) is 25.9 Å². The first-order chi connectivity index (χ1) is 7.86. The van der Waals surface area contributed by atoms with Gasteiger partial charge >= 0.3 is 0 Å². The molecule has 0 atom stereocenters. The summed E-state index contributed by atoms with van der Waals surface area (Å²) in [5.41, 5.74) is 0.715. The maximum absolute atomic E-state index is 12.1. The van der Waals surface area contributed by atoms with Gasteiger partial charge in [0.2, 0.25) is 0 Å². The van der Waals surface area contributed by atoms with Gasteiger partial charge in [0.15, 0.2) is 0 Å². The van der Waals surface area contributed by atoms with Crippen LogP contribution in [0.1, 0.15) is 18.9 Å². The van der Waals surface area contributed by atoms with Crippen LogP contribution in [-0.4, -0.2) is 28.1 Å². The first-order valence-corrected chi connectivity index (χ1v) is 6.27. The molecular weight excluding hydrogens is 224 g/mol. The summed E-state index contributed by atoms with van der Waals surface area (Å²) >= 11 is 1.44. The van der Waals surface area contributed by atoms with Crippen LogP contribution in [0.15, 0.2) is 16.2 Å². The predicted octanol–water partition coefficient (Wildman–Crippen LogP) is 0.777. The fourth-order valence-electron chi connectivity index (χ4n) is 2.07. The molecule has 2 aromatic rings. The van der Waals surface area contributed by atoms with Crippen molar-refractivity contribution in [1.82, 2.24) is 20.3 Å². The second-order valence-electron chi connectivity index (χ2n) is 3.96. The maximum atomic E-state index is 12.1. The predicted molar refractivity (Wildman–Crippen MR) is 62.8 cm³/mol. The number of rotatable bonds is 1. The molecule has 1 aliphatic heterocycles. The lowest BCUT2D eigenvalue weighted by Gasteiger charge is -2.22. The Hall–Kier alpha value is -1.27. The van der Waals surface area contributed by atoms with Crippen molar-refractivity contribution in [3.05, 3.63) is 21.8 Å². The Bertz CT molecular complexity index is 555. The van der Waals surface area contributed by atoms with Crippen LogP contribution in [0, 0.1) is 0 Å². The molecule has 0 aromatic carbocycles. The topological polar surface area (TPSA) is 59.8 Å². The first kappa shape index (κ1) is 9.92. The summed E-state index contributed by atoms with van der Waals surface area (Å²) in [7, 11) is 0. The standard InChI is InChI=1S/C10H12N4OS/c15-10-9-8(3-6-16-9)12-13-14(10)7-1-4-11-5-2-7/h3,6-7,11H,1-2,4-5H2. The van der Waals surface area contributed by atoms with E-state index in [1.54, 1.807) is 4.68 Å².